The van der Waals surface area contributed by atoms with Crippen LogP contribution in [0.15, 0.2) is 24.3 Å². The van der Waals surface area contributed by atoms with Crippen molar-refractivity contribution >= 4 is 15.7 Å². The standard InChI is InChI=1S/C15H18F3NO3S/c1-14(2)7-8-19(9-10-23(14,21)22)13(20)15(17,18)11-5-3-4-6-12(11)16/h3-6H,7-10H2,1-2H3. The fourth-order valence-electron chi connectivity index (χ4n) is 2.41. The van der Waals surface area contributed by atoms with Crippen molar-refractivity contribution in [3.63, 3.8) is 0 Å². The second-order valence-corrected chi connectivity index (χ2v) is 8.92. The average Bonchev–Trinajstić information content (AvgIpc) is 2.56. The number of hydrogen-bond donors (Lipinski definition) is 0. The molecule has 1 aliphatic rings. The van der Waals surface area contributed by atoms with E-state index >= 15 is 0 Å². The van der Waals surface area contributed by atoms with Crippen molar-refractivity contribution < 1.29 is 26.4 Å². The molecule has 0 bridgehead atoms. The summed E-state index contributed by atoms with van der Waals surface area (Å²) in [5.74, 6) is -7.17. The van der Waals surface area contributed by atoms with Gasteiger partial charge in [0.15, 0.2) is 9.84 Å². The van der Waals surface area contributed by atoms with Crippen LogP contribution in [0.1, 0.15) is 25.8 Å². The third-order valence-corrected chi connectivity index (χ3v) is 6.83. The van der Waals surface area contributed by atoms with Gasteiger partial charge in [-0.05, 0) is 32.4 Å². The van der Waals surface area contributed by atoms with Gasteiger partial charge in [-0.15, -0.1) is 0 Å². The van der Waals surface area contributed by atoms with Crippen LogP contribution in [0.3, 0.4) is 0 Å². The number of nitrogens with zero attached hydrogens (tertiary/aromatic N) is 1. The van der Waals surface area contributed by atoms with E-state index in [2.05, 4.69) is 0 Å². The van der Waals surface area contributed by atoms with Crippen molar-refractivity contribution in [2.24, 2.45) is 0 Å². The Kier molecular flexibility index (Phi) is 4.49. The Labute approximate surface area is 133 Å². The predicted molar refractivity (Wildman–Crippen MR) is 79.4 cm³/mol. The normalized spacial score (nSPS) is 20.8. The molecule has 0 spiro atoms. The molecule has 1 aliphatic heterocycles. The Hall–Kier alpha value is -1.57. The summed E-state index contributed by atoms with van der Waals surface area (Å²) in [5.41, 5.74) is -1.00. The third-order valence-electron chi connectivity index (χ3n) is 4.22. The lowest BCUT2D eigenvalue weighted by molar-refractivity contribution is -0.159. The summed E-state index contributed by atoms with van der Waals surface area (Å²) in [4.78, 5) is 13.0. The number of amides is 1. The molecule has 1 amide bonds. The third kappa shape index (κ3) is 3.22. The highest BCUT2D eigenvalue weighted by atomic mass is 32.2. The quantitative estimate of drug-likeness (QED) is 0.824. The average molecular weight is 349 g/mol. The second kappa shape index (κ2) is 5.81. The molecule has 0 aliphatic carbocycles. The summed E-state index contributed by atoms with van der Waals surface area (Å²) in [6.07, 6.45) is 0.0500. The molecular weight excluding hydrogens is 331 g/mol. The van der Waals surface area contributed by atoms with Gasteiger partial charge >= 0.3 is 5.92 Å². The summed E-state index contributed by atoms with van der Waals surface area (Å²) in [5, 5.41) is 0. The van der Waals surface area contributed by atoms with Crippen LogP contribution >= 0.6 is 0 Å². The monoisotopic (exact) mass is 349 g/mol. The fraction of sp³-hybridized carbons (Fsp3) is 0.533. The van der Waals surface area contributed by atoms with Crippen molar-refractivity contribution in [3.05, 3.63) is 35.6 Å². The van der Waals surface area contributed by atoms with Gasteiger partial charge in [0.1, 0.15) is 5.82 Å². The minimum atomic E-state index is -4.04. The molecule has 0 atom stereocenters. The molecule has 23 heavy (non-hydrogen) atoms. The van der Waals surface area contributed by atoms with Crippen LogP contribution in [0.2, 0.25) is 0 Å². The summed E-state index contributed by atoms with van der Waals surface area (Å²) in [6.45, 7) is 2.57. The minimum absolute atomic E-state index is 0.0500. The molecule has 0 N–H and O–H groups in total. The Bertz CT molecular complexity index is 716. The molecule has 2 rings (SSSR count). The van der Waals surface area contributed by atoms with Gasteiger partial charge in [-0.1, -0.05) is 12.1 Å². The number of carbonyl (C=O) groups excluding carboxylic acids is 1. The molecule has 1 aromatic rings. The lowest BCUT2D eigenvalue weighted by atomic mass is 10.1. The molecule has 1 heterocycles. The van der Waals surface area contributed by atoms with Gasteiger partial charge in [0, 0.05) is 13.1 Å². The van der Waals surface area contributed by atoms with Gasteiger partial charge in [0.25, 0.3) is 5.91 Å². The number of alkyl halides is 2. The largest absolute Gasteiger partial charge is 0.352 e. The second-order valence-electron chi connectivity index (χ2n) is 6.18. The summed E-state index contributed by atoms with van der Waals surface area (Å²) < 4.78 is 65.3. The van der Waals surface area contributed by atoms with Crippen LogP contribution in [0.25, 0.3) is 0 Å². The summed E-state index contributed by atoms with van der Waals surface area (Å²) in [6, 6.07) is 4.17. The first-order valence-electron chi connectivity index (χ1n) is 7.13. The van der Waals surface area contributed by atoms with Crippen molar-refractivity contribution in [3.8, 4) is 0 Å². The molecule has 4 nitrogen and oxygen atoms in total. The Balaban J connectivity index is 2.29. The first-order valence-corrected chi connectivity index (χ1v) is 8.79. The van der Waals surface area contributed by atoms with E-state index in [0.717, 1.165) is 17.0 Å². The number of halogens is 3. The predicted octanol–water partition coefficient (Wildman–Crippen LogP) is 2.34. The molecule has 0 aromatic heterocycles. The number of benzene rings is 1. The number of carbonyl (C=O) groups is 1. The zero-order valence-corrected chi connectivity index (χ0v) is 13.7. The van der Waals surface area contributed by atoms with Gasteiger partial charge in [0.05, 0.1) is 16.1 Å². The number of sulfone groups is 1. The fourth-order valence-corrected chi connectivity index (χ4v) is 3.83. The zero-order valence-electron chi connectivity index (χ0n) is 12.9. The van der Waals surface area contributed by atoms with Gasteiger partial charge < -0.3 is 4.90 Å². The maximum atomic E-state index is 14.3. The van der Waals surface area contributed by atoms with E-state index in [-0.39, 0.29) is 25.3 Å². The maximum Gasteiger partial charge on any atom is 0.352 e. The van der Waals surface area contributed by atoms with E-state index < -0.39 is 37.8 Å². The molecule has 128 valence electrons. The van der Waals surface area contributed by atoms with Gasteiger partial charge in [0.2, 0.25) is 0 Å². The minimum Gasteiger partial charge on any atom is -0.336 e. The van der Waals surface area contributed by atoms with E-state index in [0.29, 0.717) is 0 Å². The highest BCUT2D eigenvalue weighted by Gasteiger charge is 2.48. The first-order chi connectivity index (χ1) is 10.5. The molecule has 1 fully saturated rings. The van der Waals surface area contributed by atoms with Gasteiger partial charge in [-0.25, -0.2) is 12.8 Å². The van der Waals surface area contributed by atoms with Crippen molar-refractivity contribution in [1.82, 2.24) is 4.90 Å². The van der Waals surface area contributed by atoms with E-state index in [1.54, 1.807) is 0 Å². The van der Waals surface area contributed by atoms with E-state index in [9.17, 15) is 26.4 Å². The Morgan fingerprint density at radius 3 is 2.43 bits per heavy atom. The molecule has 0 unspecified atom stereocenters. The van der Waals surface area contributed by atoms with Crippen molar-refractivity contribution in [2.45, 2.75) is 30.9 Å². The van der Waals surface area contributed by atoms with E-state index in [4.69, 9.17) is 0 Å². The molecule has 1 aromatic carbocycles. The first kappa shape index (κ1) is 17.8. The van der Waals surface area contributed by atoms with Gasteiger partial charge in [-0.3, -0.25) is 4.79 Å². The van der Waals surface area contributed by atoms with E-state index in [1.165, 1.54) is 26.0 Å². The van der Waals surface area contributed by atoms with Crippen LogP contribution in [0.4, 0.5) is 13.2 Å². The van der Waals surface area contributed by atoms with Gasteiger partial charge in [-0.2, -0.15) is 8.78 Å². The van der Waals surface area contributed by atoms with Crippen LogP contribution in [0.5, 0.6) is 0 Å². The summed E-state index contributed by atoms with van der Waals surface area (Å²) in [7, 11) is -3.50. The van der Waals surface area contributed by atoms with Crippen LogP contribution in [-0.2, 0) is 20.6 Å². The Morgan fingerprint density at radius 1 is 1.22 bits per heavy atom. The smallest absolute Gasteiger partial charge is 0.336 e. The molecule has 0 saturated carbocycles. The molecule has 0 radical (unpaired) electrons. The topological polar surface area (TPSA) is 54.5 Å². The lowest BCUT2D eigenvalue weighted by Crippen LogP contribution is -2.43. The Morgan fingerprint density at radius 2 is 1.83 bits per heavy atom. The molecule has 8 heteroatoms. The molecular formula is C15H18F3NO3S. The van der Waals surface area contributed by atoms with Crippen molar-refractivity contribution in [2.75, 3.05) is 18.8 Å². The van der Waals surface area contributed by atoms with Crippen LogP contribution in [-0.4, -0.2) is 42.8 Å². The number of hydrogen-bond acceptors (Lipinski definition) is 3. The van der Waals surface area contributed by atoms with Crippen molar-refractivity contribution in [1.29, 1.82) is 0 Å². The van der Waals surface area contributed by atoms with Crippen LogP contribution < -0.4 is 0 Å². The summed E-state index contributed by atoms with van der Waals surface area (Å²) >= 11 is 0. The highest BCUT2D eigenvalue weighted by molar-refractivity contribution is 7.92. The highest BCUT2D eigenvalue weighted by Crippen LogP contribution is 2.34. The lowest BCUT2D eigenvalue weighted by Gasteiger charge is -2.26. The van der Waals surface area contributed by atoms with E-state index in [1.807, 2.05) is 0 Å². The maximum absolute atomic E-state index is 14.3. The number of rotatable bonds is 2. The molecule has 1 saturated heterocycles. The SMILES string of the molecule is CC1(C)CCN(C(=O)C(F)(F)c2ccccc2F)CCS1(=O)=O. The van der Waals surface area contributed by atoms with Crippen LogP contribution in [0, 0.1) is 5.82 Å². The zero-order chi connectivity index (χ0) is 17.5.